The molecule has 0 radical (unpaired) electrons. The fraction of sp³-hybridized carbons (Fsp3) is 0.375. The maximum Gasteiger partial charge on any atom is 0.454 e. The Morgan fingerprint density at radius 3 is 2.16 bits per heavy atom. The van der Waals surface area contributed by atoms with Gasteiger partial charge in [0, 0.05) is 18.1 Å². The average molecular weight is 585 g/mol. The second kappa shape index (κ2) is 9.27. The van der Waals surface area contributed by atoms with Gasteiger partial charge in [-0.1, -0.05) is 35.3 Å². The molecule has 1 saturated carbocycles. The van der Waals surface area contributed by atoms with Crippen molar-refractivity contribution in [2.75, 3.05) is 13.1 Å². The van der Waals surface area contributed by atoms with E-state index in [2.05, 4.69) is 4.98 Å². The summed E-state index contributed by atoms with van der Waals surface area (Å²) in [5, 5.41) is 0.395. The lowest BCUT2D eigenvalue weighted by Gasteiger charge is -2.28. The summed E-state index contributed by atoms with van der Waals surface area (Å²) >= 11 is 12.3. The first-order chi connectivity index (χ1) is 17.7. The average Bonchev–Trinajstić information content (AvgIpc) is 3.44. The smallest absolute Gasteiger partial charge is 0.291 e. The fourth-order valence-electron chi connectivity index (χ4n) is 4.50. The molecule has 5 rings (SSSR count). The summed E-state index contributed by atoms with van der Waals surface area (Å²) in [4.78, 5) is 4.55. The van der Waals surface area contributed by atoms with Gasteiger partial charge in [-0.25, -0.2) is 4.98 Å². The van der Waals surface area contributed by atoms with E-state index in [1.165, 1.54) is 28.8 Å². The predicted octanol–water partition coefficient (Wildman–Crippen LogP) is 8.01. The quantitative estimate of drug-likeness (QED) is 0.206. The lowest BCUT2D eigenvalue weighted by atomic mass is 10.2. The Bertz CT molecular complexity index is 1500. The van der Waals surface area contributed by atoms with Gasteiger partial charge in [0.05, 0.1) is 34.0 Å². The van der Waals surface area contributed by atoms with Crippen molar-refractivity contribution in [1.29, 1.82) is 0 Å². The molecule has 0 amide bonds. The molecule has 204 valence electrons. The van der Waals surface area contributed by atoms with E-state index in [0.29, 0.717) is 18.4 Å². The molecule has 2 heterocycles. The molecule has 1 aliphatic carbocycles. The maximum absolute atomic E-state index is 14.2. The third-order valence-corrected chi connectivity index (χ3v) is 6.90. The van der Waals surface area contributed by atoms with Crippen molar-refractivity contribution in [3.05, 3.63) is 63.9 Å². The second-order valence-electron chi connectivity index (χ2n) is 9.28. The first-order valence-corrected chi connectivity index (χ1v) is 12.1. The molecule has 1 aliphatic rings. The van der Waals surface area contributed by atoms with Crippen LogP contribution in [-0.4, -0.2) is 44.0 Å². The van der Waals surface area contributed by atoms with Gasteiger partial charge in [0.2, 0.25) is 5.78 Å². The molecule has 0 aliphatic heterocycles. The molecule has 2 aromatic heterocycles. The van der Waals surface area contributed by atoms with E-state index in [1.807, 2.05) is 0 Å². The van der Waals surface area contributed by atoms with Crippen LogP contribution in [0.3, 0.4) is 0 Å². The summed E-state index contributed by atoms with van der Waals surface area (Å²) in [7, 11) is 0. The van der Waals surface area contributed by atoms with Crippen molar-refractivity contribution < 1.29 is 35.1 Å². The fourth-order valence-corrected chi connectivity index (χ4v) is 4.99. The number of benzene rings is 2. The molecule has 0 atom stereocenters. The maximum atomic E-state index is 14.2. The Morgan fingerprint density at radius 1 is 0.921 bits per heavy atom. The van der Waals surface area contributed by atoms with Crippen LogP contribution in [0.25, 0.3) is 22.5 Å². The van der Waals surface area contributed by atoms with Gasteiger partial charge in [0.1, 0.15) is 0 Å². The molecule has 4 nitrogen and oxygen atoms in total. The van der Waals surface area contributed by atoms with Crippen LogP contribution in [0.1, 0.15) is 24.2 Å². The molecule has 2 aromatic carbocycles. The number of hydrogen-bond acceptors (Lipinski definition) is 2. The molecule has 14 heteroatoms. The zero-order valence-corrected chi connectivity index (χ0v) is 20.7. The number of halogens is 10. The van der Waals surface area contributed by atoms with Gasteiger partial charge in [-0.15, -0.1) is 0 Å². The predicted molar refractivity (Wildman–Crippen MR) is 126 cm³/mol. The van der Waals surface area contributed by atoms with Crippen LogP contribution >= 0.6 is 23.2 Å². The molecule has 0 N–H and O–H groups in total. The van der Waals surface area contributed by atoms with Crippen molar-refractivity contribution in [2.24, 2.45) is 5.92 Å². The molecule has 0 unspecified atom stereocenters. The first-order valence-electron chi connectivity index (χ1n) is 11.4. The van der Waals surface area contributed by atoms with Crippen molar-refractivity contribution in [1.82, 2.24) is 18.9 Å². The minimum absolute atomic E-state index is 0.110. The van der Waals surface area contributed by atoms with Crippen molar-refractivity contribution >= 4 is 40.0 Å². The van der Waals surface area contributed by atoms with Crippen LogP contribution in [0.5, 0.6) is 0 Å². The van der Waals surface area contributed by atoms with E-state index >= 15 is 0 Å². The van der Waals surface area contributed by atoms with Crippen molar-refractivity contribution in [3.8, 4) is 5.69 Å². The van der Waals surface area contributed by atoms with Crippen LogP contribution in [-0.2, 0) is 12.7 Å². The SMILES string of the molecule is FC(F)(F)c1nc2n(-c3ccc(Cl)cc3Cl)c3ccccc3n2c1CN(CC1CC1)CC(F)(F)C(F)(F)F. The van der Waals surface area contributed by atoms with Crippen LogP contribution in [0, 0.1) is 5.92 Å². The molecule has 0 spiro atoms. The highest BCUT2D eigenvalue weighted by atomic mass is 35.5. The summed E-state index contributed by atoms with van der Waals surface area (Å²) in [6, 6.07) is 10.7. The topological polar surface area (TPSA) is 25.5 Å². The minimum Gasteiger partial charge on any atom is -0.291 e. The molecule has 0 bridgehead atoms. The second-order valence-corrected chi connectivity index (χ2v) is 10.1. The number of fused-ring (bicyclic) bond motifs is 3. The van der Waals surface area contributed by atoms with E-state index in [0.717, 1.165) is 9.30 Å². The van der Waals surface area contributed by atoms with Gasteiger partial charge >= 0.3 is 18.3 Å². The standard InChI is InChI=1S/C24H18Cl2F8N4/c25-14-7-8-16(15(26)9-14)37-17-3-1-2-4-18(17)38-19(20(23(29,30)31)35-21(37)38)11-36(10-13-5-6-13)12-22(27,28)24(32,33)34/h1-4,7-9,13H,5-6,10-12H2. The Labute approximate surface area is 220 Å². The number of rotatable bonds is 7. The van der Waals surface area contributed by atoms with Crippen LogP contribution in [0.2, 0.25) is 10.0 Å². The molecule has 1 fully saturated rings. The van der Waals surface area contributed by atoms with Gasteiger partial charge in [0.25, 0.3) is 0 Å². The summed E-state index contributed by atoms with van der Waals surface area (Å²) in [6.45, 7) is -2.82. The Kier molecular flexibility index (Phi) is 6.59. The van der Waals surface area contributed by atoms with Gasteiger partial charge in [-0.05, 0) is 49.1 Å². The highest BCUT2D eigenvalue weighted by Crippen LogP contribution is 2.41. The van der Waals surface area contributed by atoms with E-state index in [4.69, 9.17) is 23.2 Å². The van der Waals surface area contributed by atoms with Crippen LogP contribution in [0.15, 0.2) is 42.5 Å². The zero-order chi connectivity index (χ0) is 27.6. The van der Waals surface area contributed by atoms with Gasteiger partial charge in [0.15, 0.2) is 5.69 Å². The number of hydrogen-bond donors (Lipinski definition) is 0. The lowest BCUT2D eigenvalue weighted by Crippen LogP contribution is -2.47. The Morgan fingerprint density at radius 2 is 1.58 bits per heavy atom. The zero-order valence-electron chi connectivity index (χ0n) is 19.2. The van der Waals surface area contributed by atoms with Crippen molar-refractivity contribution in [3.63, 3.8) is 0 Å². The number of para-hydroxylation sites is 2. The molecule has 0 saturated heterocycles. The third kappa shape index (κ3) is 4.93. The Hall–Kier alpha value is -2.57. The van der Waals surface area contributed by atoms with Crippen LogP contribution < -0.4 is 0 Å². The molecular formula is C24H18Cl2F8N4. The minimum atomic E-state index is -5.85. The highest BCUT2D eigenvalue weighted by molar-refractivity contribution is 6.35. The lowest BCUT2D eigenvalue weighted by molar-refractivity contribution is -0.287. The number of aromatic nitrogens is 3. The van der Waals surface area contributed by atoms with Crippen LogP contribution in [0.4, 0.5) is 35.1 Å². The van der Waals surface area contributed by atoms with Gasteiger partial charge < -0.3 is 0 Å². The number of imidazole rings is 2. The number of alkyl halides is 8. The van der Waals surface area contributed by atoms with Gasteiger partial charge in [-0.2, -0.15) is 35.1 Å². The van der Waals surface area contributed by atoms with E-state index in [1.54, 1.807) is 18.2 Å². The normalized spacial score (nSPS) is 15.3. The highest BCUT2D eigenvalue weighted by Gasteiger charge is 2.58. The summed E-state index contributed by atoms with van der Waals surface area (Å²) < 4.78 is 112. The van der Waals surface area contributed by atoms with E-state index < -0.39 is 42.8 Å². The molecular weight excluding hydrogens is 567 g/mol. The monoisotopic (exact) mass is 584 g/mol. The molecule has 4 aromatic rings. The number of nitrogens with zero attached hydrogens (tertiary/aromatic N) is 4. The Balaban J connectivity index is 1.73. The van der Waals surface area contributed by atoms with E-state index in [-0.39, 0.29) is 39.5 Å². The van der Waals surface area contributed by atoms with Crippen molar-refractivity contribution in [2.45, 2.75) is 37.7 Å². The summed E-state index contributed by atoms with van der Waals surface area (Å²) in [6.07, 6.45) is -9.68. The summed E-state index contributed by atoms with van der Waals surface area (Å²) in [5.41, 5.74) is -1.05. The summed E-state index contributed by atoms with van der Waals surface area (Å²) in [5.74, 6) is -5.52. The van der Waals surface area contributed by atoms with Gasteiger partial charge in [-0.3, -0.25) is 13.9 Å². The largest absolute Gasteiger partial charge is 0.454 e. The first kappa shape index (κ1) is 27.0. The van der Waals surface area contributed by atoms with E-state index in [9.17, 15) is 35.1 Å². The molecule has 38 heavy (non-hydrogen) atoms. The third-order valence-electron chi connectivity index (χ3n) is 6.36.